The van der Waals surface area contributed by atoms with Gasteiger partial charge in [-0.2, -0.15) is 9.65 Å². The first kappa shape index (κ1) is 10.8. The number of hydrogen-bond acceptors (Lipinski definition) is 3. The predicted molar refractivity (Wildman–Crippen MR) is 47.7 cm³/mol. The third-order valence-corrected chi connectivity index (χ3v) is 1.60. The Kier molecular flexibility index (Phi) is 3.08. The minimum absolute atomic E-state index is 0.209. The molecule has 0 N–H and O–H groups in total. The molecule has 0 heterocycles. The quantitative estimate of drug-likeness (QED) is 0.427. The third kappa shape index (κ3) is 2.34. The van der Waals surface area contributed by atoms with Gasteiger partial charge in [-0.25, -0.2) is 4.39 Å². The molecule has 0 fully saturated rings. The lowest BCUT2D eigenvalue weighted by Gasteiger charge is -1.98. The zero-order valence-electron chi connectivity index (χ0n) is 7.28. The van der Waals surface area contributed by atoms with Crippen molar-refractivity contribution in [2.24, 2.45) is 0 Å². The number of nitro groups is 1. The highest BCUT2D eigenvalue weighted by Crippen LogP contribution is 2.21. The molecule has 6 heteroatoms. The molecule has 1 aromatic rings. The molecule has 0 unspecified atom stereocenters. The molecule has 0 atom stereocenters. The Balaban J connectivity index is 3.26. The number of halogens is 2. The zero-order chi connectivity index (χ0) is 11.4. The topological polar surface area (TPSA) is 66.9 Å². The first-order chi connectivity index (χ1) is 7.06. The van der Waals surface area contributed by atoms with Crippen LogP contribution in [-0.4, -0.2) is 4.92 Å². The summed E-state index contributed by atoms with van der Waals surface area (Å²) >= 11 is 0. The Bertz CT molecular complexity index is 478. The Morgan fingerprint density at radius 3 is 2.60 bits per heavy atom. The maximum Gasteiger partial charge on any atom is 0.307 e. The summed E-state index contributed by atoms with van der Waals surface area (Å²) < 4.78 is 26.1. The van der Waals surface area contributed by atoms with Crippen molar-refractivity contribution < 1.29 is 13.7 Å². The molecule has 0 saturated heterocycles. The normalized spacial score (nSPS) is 10.2. The van der Waals surface area contributed by atoms with Gasteiger partial charge in [0.15, 0.2) is 0 Å². The summed E-state index contributed by atoms with van der Waals surface area (Å²) in [4.78, 5) is 9.21. The number of benzene rings is 1. The van der Waals surface area contributed by atoms with Crippen LogP contribution in [-0.2, 0) is 0 Å². The minimum atomic E-state index is -1.14. The monoisotopic (exact) mass is 210 g/mol. The van der Waals surface area contributed by atoms with Gasteiger partial charge in [0.2, 0.25) is 5.82 Å². The molecule has 0 amide bonds. The zero-order valence-corrected chi connectivity index (χ0v) is 7.28. The van der Waals surface area contributed by atoms with Crippen molar-refractivity contribution in [2.75, 3.05) is 0 Å². The lowest BCUT2D eigenvalue weighted by molar-refractivity contribution is -0.387. The van der Waals surface area contributed by atoms with Gasteiger partial charge >= 0.3 is 5.69 Å². The summed E-state index contributed by atoms with van der Waals surface area (Å²) in [5.74, 6) is -2.09. The SMILES string of the molecule is N#C/C=C/c1cc(F)c([N+](=O)[O-])cc1F. The summed E-state index contributed by atoms with van der Waals surface area (Å²) in [7, 11) is 0. The van der Waals surface area contributed by atoms with Gasteiger partial charge in [0.05, 0.1) is 17.1 Å². The van der Waals surface area contributed by atoms with Gasteiger partial charge in [0, 0.05) is 11.6 Å². The Hall–Kier alpha value is -2.29. The molecular weight excluding hydrogens is 206 g/mol. The lowest BCUT2D eigenvalue weighted by Crippen LogP contribution is -1.95. The smallest absolute Gasteiger partial charge is 0.258 e. The number of nitrogens with zero attached hydrogens (tertiary/aromatic N) is 2. The van der Waals surface area contributed by atoms with E-state index in [1.807, 2.05) is 0 Å². The van der Waals surface area contributed by atoms with Crippen LogP contribution in [0, 0.1) is 33.1 Å². The fourth-order valence-corrected chi connectivity index (χ4v) is 0.946. The lowest BCUT2D eigenvalue weighted by atomic mass is 10.1. The molecule has 1 aromatic carbocycles. The summed E-state index contributed by atoms with van der Waals surface area (Å²) in [6.07, 6.45) is 1.98. The summed E-state index contributed by atoms with van der Waals surface area (Å²) in [6, 6.07) is 2.74. The van der Waals surface area contributed by atoms with E-state index in [-0.39, 0.29) is 5.56 Å². The largest absolute Gasteiger partial charge is 0.307 e. The number of rotatable bonds is 2. The molecule has 15 heavy (non-hydrogen) atoms. The van der Waals surface area contributed by atoms with Crippen LogP contribution in [0.25, 0.3) is 6.08 Å². The van der Waals surface area contributed by atoms with Crippen LogP contribution in [0.5, 0.6) is 0 Å². The average Bonchev–Trinajstić information content (AvgIpc) is 2.18. The highest BCUT2D eigenvalue weighted by Gasteiger charge is 2.17. The molecular formula is C9H4F2N2O2. The second kappa shape index (κ2) is 4.28. The first-order valence-electron chi connectivity index (χ1n) is 3.76. The van der Waals surface area contributed by atoms with Crippen molar-refractivity contribution in [3.63, 3.8) is 0 Å². The third-order valence-electron chi connectivity index (χ3n) is 1.60. The standard InChI is InChI=1S/C9H4F2N2O2/c10-7-5-9(13(14)15)8(11)4-6(7)2-1-3-12/h1-2,4-5H/b2-1+. The van der Waals surface area contributed by atoms with Gasteiger partial charge in [-0.3, -0.25) is 10.1 Å². The molecule has 76 valence electrons. The van der Waals surface area contributed by atoms with Crippen LogP contribution >= 0.6 is 0 Å². The molecule has 0 aliphatic heterocycles. The van der Waals surface area contributed by atoms with Crippen LogP contribution < -0.4 is 0 Å². The molecule has 0 radical (unpaired) electrons. The molecule has 0 spiro atoms. The molecule has 0 aromatic heterocycles. The van der Waals surface area contributed by atoms with E-state index in [2.05, 4.69) is 0 Å². The fourth-order valence-electron chi connectivity index (χ4n) is 0.946. The number of nitro benzene ring substituents is 1. The van der Waals surface area contributed by atoms with Crippen molar-refractivity contribution >= 4 is 11.8 Å². The van der Waals surface area contributed by atoms with E-state index in [0.717, 1.165) is 12.2 Å². The van der Waals surface area contributed by atoms with Crippen molar-refractivity contribution in [2.45, 2.75) is 0 Å². The van der Waals surface area contributed by atoms with Crippen LogP contribution in [0.3, 0.4) is 0 Å². The van der Waals surface area contributed by atoms with E-state index in [1.165, 1.54) is 0 Å². The maximum atomic E-state index is 13.1. The van der Waals surface area contributed by atoms with E-state index in [1.54, 1.807) is 6.07 Å². The first-order valence-corrected chi connectivity index (χ1v) is 3.76. The summed E-state index contributed by atoms with van der Waals surface area (Å²) in [5, 5.41) is 18.4. The molecule has 0 aliphatic carbocycles. The molecule has 0 bridgehead atoms. The average molecular weight is 210 g/mol. The molecule has 0 aliphatic rings. The van der Waals surface area contributed by atoms with Crippen LogP contribution in [0.1, 0.15) is 5.56 Å². The van der Waals surface area contributed by atoms with E-state index in [4.69, 9.17) is 5.26 Å². The van der Waals surface area contributed by atoms with E-state index < -0.39 is 22.2 Å². The number of allylic oxidation sites excluding steroid dienone is 1. The Morgan fingerprint density at radius 2 is 2.07 bits per heavy atom. The van der Waals surface area contributed by atoms with Crippen LogP contribution in [0.2, 0.25) is 0 Å². The van der Waals surface area contributed by atoms with Crippen molar-refractivity contribution in [1.82, 2.24) is 0 Å². The second-order valence-corrected chi connectivity index (χ2v) is 2.54. The summed E-state index contributed by atoms with van der Waals surface area (Å²) in [5.41, 5.74) is -1.14. The van der Waals surface area contributed by atoms with E-state index in [0.29, 0.717) is 12.1 Å². The van der Waals surface area contributed by atoms with Gasteiger partial charge in [0.25, 0.3) is 0 Å². The predicted octanol–water partition coefficient (Wildman–Crippen LogP) is 2.41. The Morgan fingerprint density at radius 1 is 1.40 bits per heavy atom. The van der Waals surface area contributed by atoms with Crippen molar-refractivity contribution in [3.8, 4) is 6.07 Å². The van der Waals surface area contributed by atoms with Gasteiger partial charge in [0.1, 0.15) is 5.82 Å². The van der Waals surface area contributed by atoms with Crippen molar-refractivity contribution in [3.05, 3.63) is 45.5 Å². The minimum Gasteiger partial charge on any atom is -0.258 e. The highest BCUT2D eigenvalue weighted by molar-refractivity contribution is 5.55. The number of nitriles is 1. The molecule has 0 saturated carbocycles. The van der Waals surface area contributed by atoms with Crippen molar-refractivity contribution in [1.29, 1.82) is 5.26 Å². The molecule has 1 rings (SSSR count). The molecule has 4 nitrogen and oxygen atoms in total. The maximum absolute atomic E-state index is 13.1. The van der Waals surface area contributed by atoms with Gasteiger partial charge < -0.3 is 0 Å². The second-order valence-electron chi connectivity index (χ2n) is 2.54. The van der Waals surface area contributed by atoms with E-state index >= 15 is 0 Å². The van der Waals surface area contributed by atoms with Crippen LogP contribution in [0.4, 0.5) is 14.5 Å². The van der Waals surface area contributed by atoms with Gasteiger partial charge in [-0.1, -0.05) is 0 Å². The number of hydrogen-bond donors (Lipinski definition) is 0. The Labute approximate surface area is 83.2 Å². The van der Waals surface area contributed by atoms with Crippen LogP contribution in [0.15, 0.2) is 18.2 Å². The van der Waals surface area contributed by atoms with E-state index in [9.17, 15) is 18.9 Å². The fraction of sp³-hybridized carbons (Fsp3) is 0. The highest BCUT2D eigenvalue weighted by atomic mass is 19.1. The summed E-state index contributed by atoms with van der Waals surface area (Å²) in [6.45, 7) is 0. The van der Waals surface area contributed by atoms with Gasteiger partial charge in [-0.05, 0) is 12.1 Å². The van der Waals surface area contributed by atoms with Gasteiger partial charge in [-0.15, -0.1) is 0 Å².